The smallest absolute Gasteiger partial charge is 0.315 e. The van der Waals surface area contributed by atoms with Crippen molar-refractivity contribution in [1.82, 2.24) is 10.6 Å². The summed E-state index contributed by atoms with van der Waals surface area (Å²) in [6.07, 6.45) is 7.19. The van der Waals surface area contributed by atoms with Crippen molar-refractivity contribution >= 4 is 6.03 Å². The van der Waals surface area contributed by atoms with Crippen molar-refractivity contribution < 1.29 is 9.53 Å². The molecule has 1 saturated heterocycles. The van der Waals surface area contributed by atoms with Crippen LogP contribution < -0.4 is 10.6 Å². The highest BCUT2D eigenvalue weighted by Gasteiger charge is 2.19. The Balaban J connectivity index is 1.59. The fourth-order valence-corrected chi connectivity index (χ4v) is 2.32. The summed E-state index contributed by atoms with van der Waals surface area (Å²) in [5, 5.41) is 5.87. The second-order valence-corrected chi connectivity index (χ2v) is 4.47. The topological polar surface area (TPSA) is 50.4 Å². The lowest BCUT2D eigenvalue weighted by molar-refractivity contribution is 0.111. The zero-order valence-electron chi connectivity index (χ0n) is 9.13. The molecule has 1 aliphatic carbocycles. The quantitative estimate of drug-likeness (QED) is 0.743. The highest BCUT2D eigenvalue weighted by molar-refractivity contribution is 5.74. The van der Waals surface area contributed by atoms with Crippen molar-refractivity contribution in [3.63, 3.8) is 0 Å². The van der Waals surface area contributed by atoms with Crippen LogP contribution in [0.5, 0.6) is 0 Å². The zero-order valence-corrected chi connectivity index (χ0v) is 9.13. The predicted octanol–water partition coefficient (Wildman–Crippen LogP) is 1.41. The largest absolute Gasteiger partial charge is 0.376 e. The minimum atomic E-state index is -0.0302. The Labute approximate surface area is 90.8 Å². The van der Waals surface area contributed by atoms with Crippen molar-refractivity contribution in [1.29, 1.82) is 0 Å². The first-order valence-corrected chi connectivity index (χ1v) is 6.00. The summed E-state index contributed by atoms with van der Waals surface area (Å²) in [7, 11) is 0. The SMILES string of the molecule is O=C(NCC1CCCO1)NC1CCCC1. The van der Waals surface area contributed by atoms with E-state index in [9.17, 15) is 4.79 Å². The molecule has 86 valence electrons. The number of amides is 2. The summed E-state index contributed by atoms with van der Waals surface area (Å²) in [5.41, 5.74) is 0. The highest BCUT2D eigenvalue weighted by Crippen LogP contribution is 2.17. The molecule has 1 aliphatic heterocycles. The first kappa shape index (κ1) is 10.7. The van der Waals surface area contributed by atoms with E-state index in [0.29, 0.717) is 12.6 Å². The van der Waals surface area contributed by atoms with E-state index in [2.05, 4.69) is 10.6 Å². The van der Waals surface area contributed by atoms with Crippen LogP contribution in [-0.2, 0) is 4.74 Å². The summed E-state index contributed by atoms with van der Waals surface area (Å²) < 4.78 is 5.43. The van der Waals surface area contributed by atoms with Crippen LogP contribution in [0.4, 0.5) is 4.79 Å². The predicted molar refractivity (Wildman–Crippen MR) is 57.8 cm³/mol. The summed E-state index contributed by atoms with van der Waals surface area (Å²) in [6, 6.07) is 0.367. The summed E-state index contributed by atoms with van der Waals surface area (Å²) in [4.78, 5) is 11.5. The lowest BCUT2D eigenvalue weighted by Crippen LogP contribution is -2.43. The van der Waals surface area contributed by atoms with Crippen LogP contribution in [0, 0.1) is 0 Å². The van der Waals surface area contributed by atoms with Gasteiger partial charge in [0.15, 0.2) is 0 Å². The average molecular weight is 212 g/mol. The van der Waals surface area contributed by atoms with Gasteiger partial charge in [-0.1, -0.05) is 12.8 Å². The molecule has 1 saturated carbocycles. The Kier molecular flexibility index (Phi) is 3.83. The third kappa shape index (κ3) is 3.38. The van der Waals surface area contributed by atoms with E-state index in [0.717, 1.165) is 32.3 Å². The Bertz CT molecular complexity index is 209. The molecule has 2 N–H and O–H groups in total. The fourth-order valence-electron chi connectivity index (χ4n) is 2.32. The van der Waals surface area contributed by atoms with Crippen LogP contribution in [0.15, 0.2) is 0 Å². The van der Waals surface area contributed by atoms with Crippen LogP contribution in [0.2, 0.25) is 0 Å². The van der Waals surface area contributed by atoms with E-state index in [1.54, 1.807) is 0 Å². The number of rotatable bonds is 3. The second-order valence-electron chi connectivity index (χ2n) is 4.47. The first-order valence-electron chi connectivity index (χ1n) is 6.00. The average Bonchev–Trinajstić information content (AvgIpc) is 2.86. The number of urea groups is 1. The van der Waals surface area contributed by atoms with Gasteiger partial charge >= 0.3 is 6.03 Å². The number of nitrogens with one attached hydrogen (secondary N) is 2. The minimum absolute atomic E-state index is 0.0302. The van der Waals surface area contributed by atoms with Crippen molar-refractivity contribution in [3.8, 4) is 0 Å². The lowest BCUT2D eigenvalue weighted by Gasteiger charge is -2.15. The minimum Gasteiger partial charge on any atom is -0.376 e. The number of carbonyl (C=O) groups excluding carboxylic acids is 1. The van der Waals surface area contributed by atoms with E-state index in [-0.39, 0.29) is 12.1 Å². The van der Waals surface area contributed by atoms with Gasteiger partial charge < -0.3 is 15.4 Å². The second kappa shape index (κ2) is 5.35. The maximum atomic E-state index is 11.5. The summed E-state index contributed by atoms with van der Waals surface area (Å²) >= 11 is 0. The van der Waals surface area contributed by atoms with Gasteiger partial charge in [0.25, 0.3) is 0 Å². The highest BCUT2D eigenvalue weighted by atomic mass is 16.5. The molecular formula is C11H20N2O2. The molecule has 0 spiro atoms. The molecule has 2 fully saturated rings. The van der Waals surface area contributed by atoms with Crippen LogP contribution >= 0.6 is 0 Å². The van der Waals surface area contributed by atoms with Gasteiger partial charge in [-0.05, 0) is 25.7 Å². The van der Waals surface area contributed by atoms with Gasteiger partial charge in [0.05, 0.1) is 6.10 Å². The molecule has 1 heterocycles. The summed E-state index contributed by atoms with van der Waals surface area (Å²) in [5.74, 6) is 0. The lowest BCUT2D eigenvalue weighted by atomic mass is 10.2. The third-order valence-corrected chi connectivity index (χ3v) is 3.20. The van der Waals surface area contributed by atoms with Gasteiger partial charge in [0.2, 0.25) is 0 Å². The fraction of sp³-hybridized carbons (Fsp3) is 0.909. The van der Waals surface area contributed by atoms with E-state index in [4.69, 9.17) is 4.74 Å². The van der Waals surface area contributed by atoms with Gasteiger partial charge in [-0.15, -0.1) is 0 Å². The van der Waals surface area contributed by atoms with Gasteiger partial charge in [-0.25, -0.2) is 4.79 Å². The van der Waals surface area contributed by atoms with Gasteiger partial charge in [0, 0.05) is 19.2 Å². The molecule has 0 aromatic carbocycles. The first-order chi connectivity index (χ1) is 7.34. The van der Waals surface area contributed by atoms with Crippen molar-refractivity contribution in [3.05, 3.63) is 0 Å². The standard InChI is InChI=1S/C11H20N2O2/c14-11(13-9-4-1-2-5-9)12-8-10-6-3-7-15-10/h9-10H,1-8H2,(H2,12,13,14). The monoisotopic (exact) mass is 212 g/mol. The molecule has 1 atom stereocenters. The van der Waals surface area contributed by atoms with E-state index in [1.165, 1.54) is 12.8 Å². The normalized spacial score (nSPS) is 26.8. The molecule has 2 rings (SSSR count). The molecule has 1 unspecified atom stereocenters. The van der Waals surface area contributed by atoms with Crippen molar-refractivity contribution in [2.75, 3.05) is 13.2 Å². The maximum Gasteiger partial charge on any atom is 0.315 e. The van der Waals surface area contributed by atoms with E-state index in [1.807, 2.05) is 0 Å². The molecular weight excluding hydrogens is 192 g/mol. The molecule has 2 aliphatic rings. The number of carbonyl (C=O) groups is 1. The van der Waals surface area contributed by atoms with E-state index >= 15 is 0 Å². The zero-order chi connectivity index (χ0) is 10.5. The van der Waals surface area contributed by atoms with Gasteiger partial charge in [-0.3, -0.25) is 0 Å². The van der Waals surface area contributed by atoms with Gasteiger partial charge in [0.1, 0.15) is 0 Å². The molecule has 2 amide bonds. The molecule has 15 heavy (non-hydrogen) atoms. The Hall–Kier alpha value is -0.770. The van der Waals surface area contributed by atoms with Crippen LogP contribution in [0.1, 0.15) is 38.5 Å². The molecule has 0 bridgehead atoms. The molecule has 0 aromatic rings. The van der Waals surface area contributed by atoms with Crippen LogP contribution in [0.3, 0.4) is 0 Å². The van der Waals surface area contributed by atoms with Crippen molar-refractivity contribution in [2.24, 2.45) is 0 Å². The Morgan fingerprint density at radius 1 is 1.20 bits per heavy atom. The number of hydrogen-bond acceptors (Lipinski definition) is 2. The third-order valence-electron chi connectivity index (χ3n) is 3.20. The molecule has 0 aromatic heterocycles. The van der Waals surface area contributed by atoms with Crippen LogP contribution in [-0.4, -0.2) is 31.3 Å². The van der Waals surface area contributed by atoms with Gasteiger partial charge in [-0.2, -0.15) is 0 Å². The Morgan fingerprint density at radius 2 is 2.00 bits per heavy atom. The van der Waals surface area contributed by atoms with Crippen LogP contribution in [0.25, 0.3) is 0 Å². The molecule has 4 nitrogen and oxygen atoms in total. The van der Waals surface area contributed by atoms with E-state index < -0.39 is 0 Å². The van der Waals surface area contributed by atoms with Crippen molar-refractivity contribution in [2.45, 2.75) is 50.7 Å². The number of hydrogen-bond donors (Lipinski definition) is 2. The summed E-state index contributed by atoms with van der Waals surface area (Å²) in [6.45, 7) is 1.50. The Morgan fingerprint density at radius 3 is 2.67 bits per heavy atom. The molecule has 4 heteroatoms. The number of ether oxygens (including phenoxy) is 1. The molecule has 0 radical (unpaired) electrons. The maximum absolute atomic E-state index is 11.5.